The predicted molar refractivity (Wildman–Crippen MR) is 78.5 cm³/mol. The average Bonchev–Trinajstić information content (AvgIpc) is 2.43. The summed E-state index contributed by atoms with van der Waals surface area (Å²) in [6.07, 6.45) is 1.88. The Bertz CT molecular complexity index is 603. The van der Waals surface area contributed by atoms with Crippen molar-refractivity contribution in [1.82, 2.24) is 4.98 Å². The Balaban J connectivity index is 2.31. The zero-order valence-corrected chi connectivity index (χ0v) is 12.4. The molecule has 0 saturated heterocycles. The first-order valence-corrected chi connectivity index (χ1v) is 6.98. The maximum atomic E-state index is 12.9. The molecule has 5 heteroatoms. The molecule has 1 heterocycles. The highest BCUT2D eigenvalue weighted by molar-refractivity contribution is 6.42. The molecule has 0 radical (unpaired) electrons. The minimum absolute atomic E-state index is 0.332. The number of nitrogens with zero attached hydrogens (tertiary/aromatic N) is 1. The van der Waals surface area contributed by atoms with Crippen LogP contribution in [-0.4, -0.2) is 10.1 Å². The number of rotatable bonds is 4. The number of halogens is 3. The normalized spacial score (nSPS) is 14.1. The van der Waals surface area contributed by atoms with Crippen LogP contribution in [0, 0.1) is 5.82 Å². The molecule has 0 amide bonds. The summed E-state index contributed by atoms with van der Waals surface area (Å²) in [5, 5.41) is 11.6. The van der Waals surface area contributed by atoms with Crippen LogP contribution in [0.2, 0.25) is 10.0 Å². The summed E-state index contributed by atoms with van der Waals surface area (Å²) in [7, 11) is 0. The number of aromatic nitrogens is 1. The van der Waals surface area contributed by atoms with Crippen LogP contribution in [0.3, 0.4) is 0 Å². The first kappa shape index (κ1) is 15.2. The summed E-state index contributed by atoms with van der Waals surface area (Å²) in [6, 6.07) is 7.99. The summed E-state index contributed by atoms with van der Waals surface area (Å²) < 4.78 is 12.9. The third kappa shape index (κ3) is 3.29. The second-order valence-electron chi connectivity index (χ2n) is 4.67. The number of pyridine rings is 1. The Hall–Kier alpha value is -1.16. The lowest BCUT2D eigenvalue weighted by atomic mass is 9.88. The standard InChI is InChI=1S/C15H14Cl2FNO/c1-2-15(20,14-6-4-11(18)9-19-14)8-10-3-5-12(16)13(17)7-10/h3-7,9,20H,2,8H2,1H3. The van der Waals surface area contributed by atoms with Gasteiger partial charge in [-0.1, -0.05) is 36.2 Å². The third-order valence-corrected chi connectivity index (χ3v) is 4.01. The highest BCUT2D eigenvalue weighted by atomic mass is 35.5. The van der Waals surface area contributed by atoms with Crippen LogP contribution < -0.4 is 0 Å². The molecule has 0 saturated carbocycles. The minimum Gasteiger partial charge on any atom is -0.383 e. The Morgan fingerprint density at radius 2 is 1.95 bits per heavy atom. The fourth-order valence-electron chi connectivity index (χ4n) is 2.04. The van der Waals surface area contributed by atoms with Gasteiger partial charge in [-0.05, 0) is 36.2 Å². The molecule has 0 aliphatic heterocycles. The fraction of sp³-hybridized carbons (Fsp3) is 0.267. The molecule has 1 N–H and O–H groups in total. The Labute approximate surface area is 127 Å². The molecule has 0 spiro atoms. The van der Waals surface area contributed by atoms with Crippen molar-refractivity contribution in [3.8, 4) is 0 Å². The van der Waals surface area contributed by atoms with E-state index in [9.17, 15) is 9.50 Å². The summed E-state index contributed by atoms with van der Waals surface area (Å²) in [5.41, 5.74) is 0.118. The van der Waals surface area contributed by atoms with E-state index < -0.39 is 11.4 Å². The zero-order valence-electron chi connectivity index (χ0n) is 10.9. The largest absolute Gasteiger partial charge is 0.383 e. The lowest BCUT2D eigenvalue weighted by Gasteiger charge is -2.26. The van der Waals surface area contributed by atoms with Crippen molar-refractivity contribution in [2.75, 3.05) is 0 Å². The maximum absolute atomic E-state index is 12.9. The lowest BCUT2D eigenvalue weighted by Crippen LogP contribution is -2.29. The highest BCUT2D eigenvalue weighted by Gasteiger charge is 2.29. The van der Waals surface area contributed by atoms with Gasteiger partial charge in [-0.25, -0.2) is 4.39 Å². The minimum atomic E-state index is -1.16. The quantitative estimate of drug-likeness (QED) is 0.909. The van der Waals surface area contributed by atoms with Gasteiger partial charge in [0.25, 0.3) is 0 Å². The van der Waals surface area contributed by atoms with Gasteiger partial charge in [0.1, 0.15) is 11.4 Å². The average molecular weight is 314 g/mol. The number of hydrogen-bond acceptors (Lipinski definition) is 2. The maximum Gasteiger partial charge on any atom is 0.141 e. The number of benzene rings is 1. The van der Waals surface area contributed by atoms with E-state index in [0.29, 0.717) is 28.6 Å². The Morgan fingerprint density at radius 3 is 2.50 bits per heavy atom. The molecule has 2 rings (SSSR count). The van der Waals surface area contributed by atoms with Crippen LogP contribution in [-0.2, 0) is 12.0 Å². The highest BCUT2D eigenvalue weighted by Crippen LogP contribution is 2.30. The van der Waals surface area contributed by atoms with E-state index >= 15 is 0 Å². The fourth-order valence-corrected chi connectivity index (χ4v) is 2.36. The topological polar surface area (TPSA) is 33.1 Å². The van der Waals surface area contributed by atoms with Crippen LogP contribution in [0.25, 0.3) is 0 Å². The summed E-state index contributed by atoms with van der Waals surface area (Å²) in [4.78, 5) is 3.97. The number of aliphatic hydroxyl groups is 1. The van der Waals surface area contributed by atoms with E-state index in [0.717, 1.165) is 11.8 Å². The van der Waals surface area contributed by atoms with Gasteiger partial charge in [0.05, 0.1) is 21.9 Å². The Morgan fingerprint density at radius 1 is 1.20 bits per heavy atom. The van der Waals surface area contributed by atoms with E-state index in [2.05, 4.69) is 4.98 Å². The molecule has 20 heavy (non-hydrogen) atoms. The molecule has 0 aliphatic rings. The first-order valence-electron chi connectivity index (χ1n) is 6.23. The van der Waals surface area contributed by atoms with Crippen molar-refractivity contribution in [2.45, 2.75) is 25.4 Å². The van der Waals surface area contributed by atoms with Crippen molar-refractivity contribution >= 4 is 23.2 Å². The van der Waals surface area contributed by atoms with Crippen molar-refractivity contribution in [3.05, 3.63) is 63.6 Å². The van der Waals surface area contributed by atoms with Crippen molar-refractivity contribution < 1.29 is 9.50 Å². The summed E-state index contributed by atoms with van der Waals surface area (Å²) in [6.45, 7) is 1.85. The third-order valence-electron chi connectivity index (χ3n) is 3.27. The van der Waals surface area contributed by atoms with Crippen LogP contribution in [0.4, 0.5) is 4.39 Å². The first-order chi connectivity index (χ1) is 9.44. The molecule has 1 atom stereocenters. The monoisotopic (exact) mass is 313 g/mol. The van der Waals surface area contributed by atoms with Crippen molar-refractivity contribution in [3.63, 3.8) is 0 Å². The van der Waals surface area contributed by atoms with E-state index in [4.69, 9.17) is 23.2 Å². The lowest BCUT2D eigenvalue weighted by molar-refractivity contribution is 0.0282. The molecule has 1 unspecified atom stereocenters. The van der Waals surface area contributed by atoms with E-state index in [1.165, 1.54) is 12.1 Å². The molecular formula is C15H14Cl2FNO. The second kappa shape index (κ2) is 6.08. The van der Waals surface area contributed by atoms with Crippen LogP contribution in [0.5, 0.6) is 0 Å². The Kier molecular flexibility index (Phi) is 4.63. The van der Waals surface area contributed by atoms with Gasteiger partial charge in [-0.2, -0.15) is 0 Å². The van der Waals surface area contributed by atoms with Gasteiger partial charge in [0, 0.05) is 6.42 Å². The van der Waals surface area contributed by atoms with E-state index in [-0.39, 0.29) is 0 Å². The van der Waals surface area contributed by atoms with E-state index in [1.54, 1.807) is 18.2 Å². The van der Waals surface area contributed by atoms with Crippen molar-refractivity contribution in [1.29, 1.82) is 0 Å². The molecule has 0 fully saturated rings. The van der Waals surface area contributed by atoms with Gasteiger partial charge < -0.3 is 5.11 Å². The van der Waals surface area contributed by atoms with Crippen LogP contribution in [0.15, 0.2) is 36.5 Å². The van der Waals surface area contributed by atoms with Crippen molar-refractivity contribution in [2.24, 2.45) is 0 Å². The molecule has 1 aromatic heterocycles. The van der Waals surface area contributed by atoms with Gasteiger partial charge in [0.15, 0.2) is 0 Å². The molecule has 1 aromatic carbocycles. The van der Waals surface area contributed by atoms with Gasteiger partial charge in [-0.3, -0.25) is 4.98 Å². The van der Waals surface area contributed by atoms with Crippen LogP contribution in [0.1, 0.15) is 24.6 Å². The van der Waals surface area contributed by atoms with Gasteiger partial charge in [-0.15, -0.1) is 0 Å². The molecule has 0 aliphatic carbocycles. The van der Waals surface area contributed by atoms with Gasteiger partial charge >= 0.3 is 0 Å². The zero-order chi connectivity index (χ0) is 14.8. The SMILES string of the molecule is CCC(O)(Cc1ccc(Cl)c(Cl)c1)c1ccc(F)cn1. The molecule has 2 nitrogen and oxygen atoms in total. The number of hydrogen-bond donors (Lipinski definition) is 1. The molecular weight excluding hydrogens is 300 g/mol. The van der Waals surface area contributed by atoms with Gasteiger partial charge in [0.2, 0.25) is 0 Å². The smallest absolute Gasteiger partial charge is 0.141 e. The van der Waals surface area contributed by atoms with E-state index in [1.807, 2.05) is 6.92 Å². The van der Waals surface area contributed by atoms with Crippen LogP contribution >= 0.6 is 23.2 Å². The molecule has 2 aromatic rings. The molecule has 106 valence electrons. The second-order valence-corrected chi connectivity index (χ2v) is 5.49. The summed E-state index contributed by atoms with van der Waals surface area (Å²) in [5.74, 6) is -0.429. The predicted octanol–water partition coefficient (Wildman–Crippen LogP) is 4.37. The molecule has 0 bridgehead atoms. The summed E-state index contributed by atoms with van der Waals surface area (Å²) >= 11 is 11.8.